The highest BCUT2D eigenvalue weighted by Crippen LogP contribution is 2.58. The van der Waals surface area contributed by atoms with E-state index in [4.69, 9.17) is 39.4 Å². The van der Waals surface area contributed by atoms with E-state index in [1.165, 1.54) is 0 Å². The molecule has 0 bridgehead atoms. The first-order valence-electron chi connectivity index (χ1n) is 37.7. The summed E-state index contributed by atoms with van der Waals surface area (Å²) >= 11 is 0. The Morgan fingerprint density at radius 2 is 0.429 bits per heavy atom. The number of nitrogens with zero attached hydrogens (tertiary/aromatic N) is 30. The van der Waals surface area contributed by atoms with Crippen LogP contribution in [0.5, 0.6) is 0 Å². The highest BCUT2D eigenvalue weighted by Gasteiger charge is 2.46. The van der Waals surface area contributed by atoms with Crippen molar-refractivity contribution in [3.05, 3.63) is 370 Å². The molecule has 3 aliphatic heterocycles. The Morgan fingerprint density at radius 1 is 0.198 bits per heavy atom. The van der Waals surface area contributed by atoms with Crippen molar-refractivity contribution in [3.8, 4) is 58.7 Å². The van der Waals surface area contributed by atoms with E-state index in [1.54, 1.807) is 29.4 Å². The van der Waals surface area contributed by atoms with Crippen LogP contribution in [0.1, 0.15) is 34.2 Å². The van der Waals surface area contributed by atoms with Crippen LogP contribution in [0.25, 0.3) is 83.6 Å². The number of benzene rings is 11. The standard InChI is InChI=1S/C36H18N10.C32H14N10.C28H12N10/c1-39-31-32(40-2)44-36-35(43-31)45(27-17-13-25(14-18-27)23-9-5-3-6-10-23)33-34(42-30(22-38)29(21-37)41-33)46(36)28-19-15-26(16-20-28)24-11-7-4-8-12-24;1-35-27-28(36-2)40-32-31(39-27)41(22-15-14-19-8-3-4-10-21(19)16-22)29-30(38-25(18-34)24(17-33)37-29)42(32)26-13-7-11-20-9-5-6-12-23(20)26;1-31-23-24(32-2)36-28-27(35-23)37(19-10-4-3-5-11-19)25-26(34-22(16-30)21(15-29)33-25)38(28)20-13-12-17-8-6-7-9-18(17)14-20/h3-20H;3-16H;3-14H. The first-order valence-corrected chi connectivity index (χ1v) is 37.7. The number of rotatable bonds is 8. The first kappa shape index (κ1) is 76.6. The minimum absolute atomic E-state index is 0.148. The fourth-order valence-electron chi connectivity index (χ4n) is 14.7. The van der Waals surface area contributed by atoms with E-state index in [1.807, 2.05) is 303 Å². The Balaban J connectivity index is 0.000000129. The van der Waals surface area contributed by atoms with Crippen LogP contribution in [0, 0.1) is 107 Å². The maximum absolute atomic E-state index is 9.90. The average Bonchev–Trinajstić information content (AvgIpc) is 0.723. The lowest BCUT2D eigenvalue weighted by Gasteiger charge is -2.34. The lowest BCUT2D eigenvalue weighted by Crippen LogP contribution is -2.28. The Bertz CT molecular complexity index is 7580. The number of nitriles is 6. The van der Waals surface area contributed by atoms with Gasteiger partial charge in [0.15, 0.2) is 69.1 Å². The van der Waals surface area contributed by atoms with Gasteiger partial charge < -0.3 is 29.1 Å². The summed E-state index contributed by atoms with van der Waals surface area (Å²) in [5, 5.41) is 64.7. The van der Waals surface area contributed by atoms with Gasteiger partial charge in [-0.15, -0.1) is 29.9 Å². The quantitative estimate of drug-likeness (QED) is 0.128. The van der Waals surface area contributed by atoms with Gasteiger partial charge in [0.25, 0.3) is 34.9 Å². The molecule has 578 valence electrons. The molecule has 0 atom stereocenters. The first-order chi connectivity index (χ1) is 61.9. The third-order valence-corrected chi connectivity index (χ3v) is 20.3. The van der Waals surface area contributed by atoms with E-state index in [9.17, 15) is 31.6 Å². The van der Waals surface area contributed by atoms with Gasteiger partial charge in [0.1, 0.15) is 36.4 Å². The third kappa shape index (κ3) is 13.4. The van der Waals surface area contributed by atoms with Crippen LogP contribution < -0.4 is 29.4 Å². The molecule has 30 nitrogen and oxygen atoms in total. The molecule has 0 N–H and O–H groups in total. The second-order valence-electron chi connectivity index (χ2n) is 27.3. The summed E-state index contributed by atoms with van der Waals surface area (Å²) < 4.78 is 0. The Kier molecular flexibility index (Phi) is 19.7. The zero-order valence-corrected chi connectivity index (χ0v) is 64.8. The van der Waals surface area contributed by atoms with Crippen molar-refractivity contribution in [3.63, 3.8) is 0 Å². The number of anilines is 18. The van der Waals surface area contributed by atoms with E-state index in [2.05, 4.69) is 88.9 Å². The minimum Gasteiger partial charge on any atom is -0.370 e. The van der Waals surface area contributed by atoms with E-state index in [0.29, 0.717) is 34.1 Å². The van der Waals surface area contributed by atoms with E-state index < -0.39 is 0 Å². The van der Waals surface area contributed by atoms with Crippen molar-refractivity contribution >= 4 is 171 Å². The van der Waals surface area contributed by atoms with Gasteiger partial charge in [-0.3, -0.25) is 29.4 Å². The molecule has 0 amide bonds. The highest BCUT2D eigenvalue weighted by atomic mass is 15.4. The molecule has 126 heavy (non-hydrogen) atoms. The molecule has 20 rings (SSSR count). The lowest BCUT2D eigenvalue weighted by atomic mass is 10.0. The number of para-hydroxylation sites is 1. The molecule has 6 aromatic heterocycles. The van der Waals surface area contributed by atoms with E-state index in [0.717, 1.165) is 54.6 Å². The second kappa shape index (κ2) is 32.4. The summed E-state index contributed by atoms with van der Waals surface area (Å²) in [6.45, 7) is 46.0. The number of aromatic nitrogens is 12. The molecule has 11 aromatic carbocycles. The van der Waals surface area contributed by atoms with Crippen LogP contribution in [0.2, 0.25) is 0 Å². The van der Waals surface area contributed by atoms with Crippen molar-refractivity contribution in [1.29, 1.82) is 31.6 Å². The summed E-state index contributed by atoms with van der Waals surface area (Å²) in [5.41, 5.74) is 6.81. The minimum atomic E-state index is -0.176. The summed E-state index contributed by atoms with van der Waals surface area (Å²) in [5.74, 6) is 1.67. The molecule has 0 fully saturated rings. The van der Waals surface area contributed by atoms with Crippen LogP contribution in [0.3, 0.4) is 0 Å². The van der Waals surface area contributed by atoms with Crippen molar-refractivity contribution in [2.45, 2.75) is 0 Å². The summed E-state index contributed by atoms with van der Waals surface area (Å²) in [7, 11) is 0. The zero-order valence-electron chi connectivity index (χ0n) is 64.8. The molecule has 0 saturated carbocycles. The van der Waals surface area contributed by atoms with E-state index >= 15 is 0 Å². The van der Waals surface area contributed by atoms with Gasteiger partial charge >= 0.3 is 34.9 Å². The SMILES string of the molecule is [C-]#[N+]c1nc2c(nc1[N+]#[C-])N(c1ccc(-c3ccccc3)cc1)c1nc(C#N)c(C#N)nc1N2c1ccc(-c2ccccc2)cc1.[C-]#[N+]c1nc2c(nc1[N+]#[C-])N(c1ccc3ccccc3c1)c1nc(C#N)c(C#N)nc1N2c1ccccc1.[C-]#[N+]c1nc2c(nc1[N+]#[C-])N(c1cccc3ccccc13)c1nc(C#N)c(C#N)nc1N2c1ccc2ccccc2c1. The molecule has 17 aromatic rings. The predicted molar refractivity (Wildman–Crippen MR) is 471 cm³/mol. The van der Waals surface area contributed by atoms with Crippen molar-refractivity contribution in [1.82, 2.24) is 59.8 Å². The van der Waals surface area contributed by atoms with Gasteiger partial charge in [-0.2, -0.15) is 31.6 Å². The summed E-state index contributed by atoms with van der Waals surface area (Å²) in [6, 6.07) is 96.6. The monoisotopic (exact) mass is 1620 g/mol. The van der Waals surface area contributed by atoms with Gasteiger partial charge in [0, 0.05) is 5.39 Å². The van der Waals surface area contributed by atoms with Crippen molar-refractivity contribution in [2.24, 2.45) is 0 Å². The average molecular weight is 1620 g/mol. The fourth-order valence-corrected chi connectivity index (χ4v) is 14.7. The van der Waals surface area contributed by atoms with Crippen LogP contribution in [0.4, 0.5) is 139 Å². The van der Waals surface area contributed by atoms with Gasteiger partial charge in [-0.1, -0.05) is 240 Å². The maximum Gasteiger partial charge on any atom is 0.300 e. The van der Waals surface area contributed by atoms with Crippen molar-refractivity contribution in [2.75, 3.05) is 29.4 Å². The van der Waals surface area contributed by atoms with Gasteiger partial charge in [-0.05, 0) is 116 Å². The second-order valence-corrected chi connectivity index (χ2v) is 27.3. The number of fused-ring (bicyclic) bond motifs is 9. The summed E-state index contributed by atoms with van der Waals surface area (Å²) in [4.78, 5) is 85.9. The molecule has 9 heterocycles. The molecule has 3 aliphatic rings. The molecular weight excluding hydrogens is 1570 g/mol. The number of hydrogen-bond acceptors (Lipinski definition) is 24. The predicted octanol–water partition coefficient (Wildman–Crippen LogP) is 22.9. The number of hydrogen-bond donors (Lipinski definition) is 0. The molecule has 0 unspecified atom stereocenters. The van der Waals surface area contributed by atoms with Crippen LogP contribution in [-0.4, -0.2) is 59.8 Å². The van der Waals surface area contributed by atoms with Gasteiger partial charge in [0.2, 0.25) is 0 Å². The molecule has 0 saturated heterocycles. The van der Waals surface area contributed by atoms with Crippen LogP contribution in [0.15, 0.2) is 267 Å². The Morgan fingerprint density at radius 3 is 0.746 bits per heavy atom. The smallest absolute Gasteiger partial charge is 0.300 e. The zero-order chi connectivity index (χ0) is 86.6. The Labute approximate surface area is 716 Å². The summed E-state index contributed by atoms with van der Waals surface area (Å²) in [6.07, 6.45) is 0. The molecule has 30 heteroatoms. The van der Waals surface area contributed by atoms with Crippen LogP contribution in [-0.2, 0) is 0 Å². The molecule has 0 spiro atoms. The lowest BCUT2D eigenvalue weighted by molar-refractivity contribution is 0.983. The maximum atomic E-state index is 9.90. The largest absolute Gasteiger partial charge is 0.370 e. The molecular formula is C96H44N30. The molecule has 0 radical (unpaired) electrons. The van der Waals surface area contributed by atoms with Crippen molar-refractivity contribution < 1.29 is 0 Å². The highest BCUT2D eigenvalue weighted by molar-refractivity contribution is 6.07. The Hall–Kier alpha value is -20.6. The normalized spacial score (nSPS) is 11.5. The third-order valence-electron chi connectivity index (χ3n) is 20.3. The fraction of sp³-hybridized carbons (Fsp3) is 0. The van der Waals surface area contributed by atoms with Gasteiger partial charge in [-0.25, -0.2) is 29.9 Å². The van der Waals surface area contributed by atoms with E-state index in [-0.39, 0.29) is 139 Å². The van der Waals surface area contributed by atoms with Crippen LogP contribution >= 0.6 is 0 Å². The topological polar surface area (TPSA) is 343 Å². The molecule has 0 aliphatic carbocycles. The van der Waals surface area contributed by atoms with Gasteiger partial charge in [0.05, 0.1) is 34.1 Å².